The van der Waals surface area contributed by atoms with Gasteiger partial charge in [-0.25, -0.2) is 0 Å². The molecule has 0 saturated carbocycles. The number of nitrogens with one attached hydrogen (secondary N) is 1. The predicted octanol–water partition coefficient (Wildman–Crippen LogP) is 1.75. The molecule has 18 heavy (non-hydrogen) atoms. The number of carbonyl (C=O) groups excluding carboxylic acids is 1. The van der Waals surface area contributed by atoms with Gasteiger partial charge in [0.1, 0.15) is 0 Å². The minimum absolute atomic E-state index is 0.0321. The molecule has 104 valence electrons. The van der Waals surface area contributed by atoms with Crippen LogP contribution in [0.15, 0.2) is 0 Å². The Balaban J connectivity index is 2.06. The molecule has 0 radical (unpaired) electrons. The maximum Gasteiger partial charge on any atom is 0.241 e. The molecule has 2 aliphatic rings. The summed E-state index contributed by atoms with van der Waals surface area (Å²) >= 11 is 0. The zero-order chi connectivity index (χ0) is 13.1. The highest BCUT2D eigenvalue weighted by Gasteiger charge is 2.42. The third-order valence-electron chi connectivity index (χ3n) is 4.33. The van der Waals surface area contributed by atoms with Crippen LogP contribution in [0.4, 0.5) is 0 Å². The first kappa shape index (κ1) is 13.8. The van der Waals surface area contributed by atoms with Crippen molar-refractivity contribution >= 4 is 5.91 Å². The summed E-state index contributed by atoms with van der Waals surface area (Å²) < 4.78 is 5.46. The van der Waals surface area contributed by atoms with Gasteiger partial charge >= 0.3 is 0 Å². The SMILES string of the molecule is CCCC1NC(CC)N(C(C)C2CCOC2)C1=O. The fourth-order valence-corrected chi connectivity index (χ4v) is 3.17. The van der Waals surface area contributed by atoms with Crippen molar-refractivity contribution in [2.24, 2.45) is 5.92 Å². The van der Waals surface area contributed by atoms with Gasteiger partial charge in [0.25, 0.3) is 0 Å². The third-order valence-corrected chi connectivity index (χ3v) is 4.33. The highest BCUT2D eigenvalue weighted by atomic mass is 16.5. The van der Waals surface area contributed by atoms with Gasteiger partial charge in [-0.15, -0.1) is 0 Å². The van der Waals surface area contributed by atoms with E-state index >= 15 is 0 Å². The van der Waals surface area contributed by atoms with Gasteiger partial charge in [0.15, 0.2) is 0 Å². The highest BCUT2D eigenvalue weighted by molar-refractivity contribution is 5.84. The van der Waals surface area contributed by atoms with Gasteiger partial charge in [-0.3, -0.25) is 10.1 Å². The van der Waals surface area contributed by atoms with Crippen LogP contribution in [0.25, 0.3) is 0 Å². The fourth-order valence-electron chi connectivity index (χ4n) is 3.17. The third kappa shape index (κ3) is 2.54. The van der Waals surface area contributed by atoms with E-state index in [1.165, 1.54) is 0 Å². The summed E-state index contributed by atoms with van der Waals surface area (Å²) in [5, 5.41) is 3.48. The summed E-state index contributed by atoms with van der Waals surface area (Å²) in [7, 11) is 0. The van der Waals surface area contributed by atoms with Crippen LogP contribution in [0.2, 0.25) is 0 Å². The van der Waals surface area contributed by atoms with Gasteiger partial charge in [-0.05, 0) is 26.2 Å². The predicted molar refractivity (Wildman–Crippen MR) is 71.1 cm³/mol. The zero-order valence-corrected chi connectivity index (χ0v) is 11.8. The summed E-state index contributed by atoms with van der Waals surface area (Å²) in [5.74, 6) is 0.799. The molecule has 1 amide bonds. The Bertz CT molecular complexity index is 290. The number of nitrogens with zero attached hydrogens (tertiary/aromatic N) is 1. The summed E-state index contributed by atoms with van der Waals surface area (Å²) in [4.78, 5) is 14.6. The van der Waals surface area contributed by atoms with Crippen molar-refractivity contribution < 1.29 is 9.53 Å². The lowest BCUT2D eigenvalue weighted by Gasteiger charge is -2.33. The van der Waals surface area contributed by atoms with Crippen molar-refractivity contribution in [1.82, 2.24) is 10.2 Å². The summed E-state index contributed by atoms with van der Waals surface area (Å²) in [6.07, 6.45) is 4.27. The molecule has 0 aromatic rings. The number of carbonyl (C=O) groups is 1. The van der Waals surface area contributed by atoms with Crippen LogP contribution in [0.3, 0.4) is 0 Å². The first-order valence-corrected chi connectivity index (χ1v) is 7.35. The highest BCUT2D eigenvalue weighted by Crippen LogP contribution is 2.27. The molecule has 2 aliphatic heterocycles. The lowest BCUT2D eigenvalue weighted by molar-refractivity contribution is -0.133. The Morgan fingerprint density at radius 1 is 1.50 bits per heavy atom. The smallest absolute Gasteiger partial charge is 0.241 e. The van der Waals surface area contributed by atoms with E-state index in [0.717, 1.165) is 38.9 Å². The van der Waals surface area contributed by atoms with Crippen molar-refractivity contribution in [1.29, 1.82) is 0 Å². The van der Waals surface area contributed by atoms with Crippen LogP contribution in [0.1, 0.15) is 46.5 Å². The second-order valence-corrected chi connectivity index (χ2v) is 5.54. The van der Waals surface area contributed by atoms with Crippen LogP contribution in [-0.2, 0) is 9.53 Å². The van der Waals surface area contributed by atoms with E-state index in [2.05, 4.69) is 31.0 Å². The van der Waals surface area contributed by atoms with E-state index < -0.39 is 0 Å². The second kappa shape index (κ2) is 6.02. The molecule has 0 bridgehead atoms. The average molecular weight is 254 g/mol. The largest absolute Gasteiger partial charge is 0.381 e. The first-order valence-electron chi connectivity index (χ1n) is 7.35. The number of hydrogen-bond donors (Lipinski definition) is 1. The number of hydrogen-bond acceptors (Lipinski definition) is 3. The van der Waals surface area contributed by atoms with Crippen LogP contribution in [-0.4, -0.2) is 42.3 Å². The second-order valence-electron chi connectivity index (χ2n) is 5.54. The van der Waals surface area contributed by atoms with E-state index in [0.29, 0.717) is 17.9 Å². The van der Waals surface area contributed by atoms with Crippen molar-refractivity contribution in [2.75, 3.05) is 13.2 Å². The molecule has 4 heteroatoms. The monoisotopic (exact) mass is 254 g/mol. The van der Waals surface area contributed by atoms with Gasteiger partial charge in [-0.1, -0.05) is 20.3 Å². The molecule has 2 rings (SSSR count). The molecule has 0 aromatic heterocycles. The van der Waals surface area contributed by atoms with Crippen molar-refractivity contribution in [2.45, 2.75) is 64.7 Å². The van der Waals surface area contributed by atoms with Crippen LogP contribution < -0.4 is 5.32 Å². The normalized spacial score (nSPS) is 34.3. The summed E-state index contributed by atoms with van der Waals surface area (Å²) in [6, 6.07) is 0.323. The summed E-state index contributed by atoms with van der Waals surface area (Å²) in [6.45, 7) is 8.10. The minimum atomic E-state index is 0.0321. The quantitative estimate of drug-likeness (QED) is 0.812. The molecule has 0 spiro atoms. The number of amides is 1. The van der Waals surface area contributed by atoms with Crippen LogP contribution in [0.5, 0.6) is 0 Å². The standard InChI is InChI=1S/C14H26N2O2/c1-4-6-12-14(17)16(13(5-2)15-12)10(3)11-7-8-18-9-11/h10-13,15H,4-9H2,1-3H3. The van der Waals surface area contributed by atoms with Crippen LogP contribution >= 0.6 is 0 Å². The zero-order valence-electron chi connectivity index (χ0n) is 11.8. The number of ether oxygens (including phenoxy) is 1. The maximum atomic E-state index is 12.5. The lowest BCUT2D eigenvalue weighted by Crippen LogP contribution is -2.46. The average Bonchev–Trinajstić information content (AvgIpc) is 2.98. The molecule has 2 heterocycles. The van der Waals surface area contributed by atoms with E-state index in [1.54, 1.807) is 0 Å². The summed E-state index contributed by atoms with van der Waals surface area (Å²) in [5.41, 5.74) is 0. The van der Waals surface area contributed by atoms with Gasteiger partial charge < -0.3 is 9.64 Å². The maximum absolute atomic E-state index is 12.5. The lowest BCUT2D eigenvalue weighted by atomic mass is 9.98. The topological polar surface area (TPSA) is 41.6 Å². The molecule has 0 aromatic carbocycles. The molecule has 4 atom stereocenters. The van der Waals surface area contributed by atoms with E-state index in [4.69, 9.17) is 4.74 Å². The Morgan fingerprint density at radius 3 is 2.83 bits per heavy atom. The Hall–Kier alpha value is -0.610. The Labute approximate surface area is 110 Å². The minimum Gasteiger partial charge on any atom is -0.381 e. The van der Waals surface area contributed by atoms with Crippen molar-refractivity contribution in [3.8, 4) is 0 Å². The molecule has 2 fully saturated rings. The van der Waals surface area contributed by atoms with Crippen molar-refractivity contribution in [3.05, 3.63) is 0 Å². The van der Waals surface area contributed by atoms with Gasteiger partial charge in [-0.2, -0.15) is 0 Å². The first-order chi connectivity index (χ1) is 8.69. The Morgan fingerprint density at radius 2 is 2.28 bits per heavy atom. The van der Waals surface area contributed by atoms with E-state index in [-0.39, 0.29) is 12.2 Å². The number of rotatable bonds is 5. The molecular weight excluding hydrogens is 228 g/mol. The molecule has 4 unspecified atom stereocenters. The van der Waals surface area contributed by atoms with Gasteiger partial charge in [0.05, 0.1) is 18.8 Å². The van der Waals surface area contributed by atoms with E-state index in [9.17, 15) is 4.79 Å². The van der Waals surface area contributed by atoms with Crippen LogP contribution in [0, 0.1) is 5.92 Å². The molecule has 2 saturated heterocycles. The van der Waals surface area contributed by atoms with E-state index in [1.807, 2.05) is 0 Å². The Kier molecular flexibility index (Phi) is 4.62. The molecule has 0 aliphatic carbocycles. The molecular formula is C14H26N2O2. The molecule has 1 N–H and O–H groups in total. The van der Waals surface area contributed by atoms with Gasteiger partial charge in [0, 0.05) is 18.6 Å². The van der Waals surface area contributed by atoms with Crippen molar-refractivity contribution in [3.63, 3.8) is 0 Å². The molecule has 4 nitrogen and oxygen atoms in total. The van der Waals surface area contributed by atoms with Gasteiger partial charge in [0.2, 0.25) is 5.91 Å². The fraction of sp³-hybridized carbons (Fsp3) is 0.929.